The largest absolute Gasteiger partial charge is 0.347 e. The highest BCUT2D eigenvalue weighted by molar-refractivity contribution is 9.10. The Kier molecular flexibility index (Phi) is 5.30. The van der Waals surface area contributed by atoms with Gasteiger partial charge in [-0.3, -0.25) is 9.79 Å². The summed E-state index contributed by atoms with van der Waals surface area (Å²) in [5.41, 5.74) is 0.137. The quantitative estimate of drug-likeness (QED) is 0.607. The predicted molar refractivity (Wildman–Crippen MR) is 90.1 cm³/mol. The monoisotopic (exact) mass is 409 g/mol. The molecule has 1 aliphatic rings. The Balaban J connectivity index is 2.16. The Hall–Kier alpha value is -0.620. The number of halogens is 4. The van der Waals surface area contributed by atoms with Gasteiger partial charge in [-0.05, 0) is 25.1 Å². The summed E-state index contributed by atoms with van der Waals surface area (Å²) in [7, 11) is 0. The molecule has 3 unspecified atom stereocenters. The van der Waals surface area contributed by atoms with Crippen molar-refractivity contribution >= 4 is 62.9 Å². The number of amides is 1. The average Bonchev–Trinajstić information content (AvgIpc) is 2.37. The van der Waals surface area contributed by atoms with Gasteiger partial charge < -0.3 is 5.32 Å². The molecule has 4 nitrogen and oxygen atoms in total. The molecule has 0 aliphatic carbocycles. The standard InChI is InChI=1S/C13H11BrCl3N3O/c1-7(10-13(14,17)4-2-5-18-10)20-12(21)9-8(15)3-6-19-11(9)16/h2-7,10H,1H3,(H,20,21). The number of hydrogen-bond acceptors (Lipinski definition) is 3. The van der Waals surface area contributed by atoms with Crippen LogP contribution in [0.3, 0.4) is 0 Å². The first kappa shape index (κ1) is 16.7. The van der Waals surface area contributed by atoms with Gasteiger partial charge in [0, 0.05) is 12.4 Å². The van der Waals surface area contributed by atoms with Crippen LogP contribution in [-0.2, 0) is 0 Å². The lowest BCUT2D eigenvalue weighted by Gasteiger charge is -2.31. The molecule has 2 rings (SSSR count). The molecule has 8 heteroatoms. The summed E-state index contributed by atoms with van der Waals surface area (Å²) in [4.78, 5) is 20.4. The van der Waals surface area contributed by atoms with Crippen molar-refractivity contribution in [3.8, 4) is 0 Å². The Bertz CT molecular complexity index is 598. The van der Waals surface area contributed by atoms with Crippen molar-refractivity contribution < 1.29 is 4.79 Å². The molecule has 0 spiro atoms. The summed E-state index contributed by atoms with van der Waals surface area (Å²) in [6, 6.07) is 0.787. The van der Waals surface area contributed by atoms with Gasteiger partial charge in [-0.25, -0.2) is 4.98 Å². The molecule has 21 heavy (non-hydrogen) atoms. The highest BCUT2D eigenvalue weighted by Gasteiger charge is 2.37. The van der Waals surface area contributed by atoms with E-state index in [0.717, 1.165) is 0 Å². The number of allylic oxidation sites excluding steroid dienone is 1. The molecule has 1 N–H and O–H groups in total. The van der Waals surface area contributed by atoms with Gasteiger partial charge in [0.05, 0.1) is 16.6 Å². The number of carbonyl (C=O) groups is 1. The zero-order chi connectivity index (χ0) is 15.6. The van der Waals surface area contributed by atoms with Gasteiger partial charge in [-0.2, -0.15) is 0 Å². The molecule has 3 atom stereocenters. The van der Waals surface area contributed by atoms with E-state index in [1.165, 1.54) is 12.3 Å². The van der Waals surface area contributed by atoms with E-state index in [9.17, 15) is 4.79 Å². The van der Waals surface area contributed by atoms with Crippen molar-refractivity contribution in [2.24, 2.45) is 4.99 Å². The predicted octanol–water partition coefficient (Wildman–Crippen LogP) is 3.85. The smallest absolute Gasteiger partial charge is 0.256 e. The zero-order valence-corrected chi connectivity index (χ0v) is 14.7. The van der Waals surface area contributed by atoms with Gasteiger partial charge >= 0.3 is 0 Å². The SMILES string of the molecule is CC(NC(=O)c1c(Cl)ccnc1Cl)C1N=CC=CC1(Cl)Br. The van der Waals surface area contributed by atoms with E-state index in [-0.39, 0.29) is 27.8 Å². The molecule has 2 heterocycles. The Labute approximate surface area is 145 Å². The van der Waals surface area contributed by atoms with Crippen LogP contribution in [0.25, 0.3) is 0 Å². The number of aromatic nitrogens is 1. The average molecular weight is 412 g/mol. The van der Waals surface area contributed by atoms with Crippen LogP contribution in [0.1, 0.15) is 17.3 Å². The lowest BCUT2D eigenvalue weighted by atomic mass is 10.0. The fraction of sp³-hybridized carbons (Fsp3) is 0.308. The molecule has 0 saturated carbocycles. The molecule has 0 radical (unpaired) electrons. The molecular formula is C13H11BrCl3N3O. The molecule has 1 aromatic heterocycles. The zero-order valence-electron chi connectivity index (χ0n) is 10.9. The second kappa shape index (κ2) is 6.65. The van der Waals surface area contributed by atoms with Crippen molar-refractivity contribution in [3.63, 3.8) is 0 Å². The van der Waals surface area contributed by atoms with Gasteiger partial charge in [0.15, 0.2) is 0 Å². The molecule has 1 amide bonds. The van der Waals surface area contributed by atoms with Crippen molar-refractivity contribution in [1.82, 2.24) is 10.3 Å². The lowest BCUT2D eigenvalue weighted by Crippen LogP contribution is -2.48. The summed E-state index contributed by atoms with van der Waals surface area (Å²) in [5.74, 6) is -0.421. The fourth-order valence-electron chi connectivity index (χ4n) is 1.95. The van der Waals surface area contributed by atoms with Crippen molar-refractivity contribution in [2.75, 3.05) is 0 Å². The third-order valence-corrected chi connectivity index (χ3v) is 4.64. The minimum absolute atomic E-state index is 0.0511. The molecule has 0 fully saturated rings. The van der Waals surface area contributed by atoms with E-state index in [0.29, 0.717) is 0 Å². The Morgan fingerprint density at radius 3 is 2.86 bits per heavy atom. The summed E-state index contributed by atoms with van der Waals surface area (Å²) < 4.78 is -0.850. The van der Waals surface area contributed by atoms with Crippen LogP contribution in [0.15, 0.2) is 29.4 Å². The number of alkyl halides is 2. The first-order valence-electron chi connectivity index (χ1n) is 6.02. The number of hydrogen-bond donors (Lipinski definition) is 1. The van der Waals surface area contributed by atoms with E-state index in [2.05, 4.69) is 31.2 Å². The molecular weight excluding hydrogens is 400 g/mol. The molecule has 0 saturated heterocycles. The highest BCUT2D eigenvalue weighted by atomic mass is 79.9. The summed E-state index contributed by atoms with van der Waals surface area (Å²) in [5, 5.41) is 3.08. The number of aliphatic imine (C=N–C) groups is 1. The number of rotatable bonds is 3. The third kappa shape index (κ3) is 3.77. The van der Waals surface area contributed by atoms with Gasteiger partial charge in [0.25, 0.3) is 5.91 Å². The van der Waals surface area contributed by atoms with E-state index in [1.807, 2.05) is 0 Å². The lowest BCUT2D eigenvalue weighted by molar-refractivity contribution is 0.0935. The summed E-state index contributed by atoms with van der Waals surface area (Å²) in [6.07, 6.45) is 6.57. The van der Waals surface area contributed by atoms with Crippen LogP contribution in [0.5, 0.6) is 0 Å². The second-order valence-corrected chi connectivity index (χ2v) is 7.66. The highest BCUT2D eigenvalue weighted by Crippen LogP contribution is 2.35. The van der Waals surface area contributed by atoms with E-state index in [4.69, 9.17) is 34.8 Å². The maximum atomic E-state index is 12.3. The number of pyridine rings is 1. The van der Waals surface area contributed by atoms with Crippen LogP contribution in [0.2, 0.25) is 10.2 Å². The molecule has 1 aliphatic heterocycles. The van der Waals surface area contributed by atoms with Gasteiger partial charge in [-0.1, -0.05) is 50.7 Å². The number of nitrogens with zero attached hydrogens (tertiary/aromatic N) is 2. The number of dihydropyridines is 1. The first-order valence-corrected chi connectivity index (χ1v) is 7.95. The molecule has 0 bridgehead atoms. The fourth-order valence-corrected chi connectivity index (χ4v) is 3.46. The first-order chi connectivity index (χ1) is 9.83. The van der Waals surface area contributed by atoms with Crippen LogP contribution >= 0.6 is 50.7 Å². The van der Waals surface area contributed by atoms with Crippen LogP contribution in [-0.4, -0.2) is 33.0 Å². The van der Waals surface area contributed by atoms with E-state index >= 15 is 0 Å². The van der Waals surface area contributed by atoms with Crippen molar-refractivity contribution in [3.05, 3.63) is 40.2 Å². The van der Waals surface area contributed by atoms with E-state index < -0.39 is 9.69 Å². The maximum absolute atomic E-state index is 12.3. The Morgan fingerprint density at radius 2 is 2.24 bits per heavy atom. The normalized spacial score (nSPS) is 25.7. The number of nitrogens with one attached hydrogen (secondary N) is 1. The van der Waals surface area contributed by atoms with Gasteiger partial charge in [-0.15, -0.1) is 0 Å². The van der Waals surface area contributed by atoms with E-state index in [1.54, 1.807) is 25.3 Å². The topological polar surface area (TPSA) is 54.4 Å². The van der Waals surface area contributed by atoms with Gasteiger partial charge in [0.1, 0.15) is 15.0 Å². The second-order valence-electron chi connectivity index (χ2n) is 4.50. The maximum Gasteiger partial charge on any atom is 0.256 e. The third-order valence-electron chi connectivity index (χ3n) is 2.96. The van der Waals surface area contributed by atoms with Crippen LogP contribution < -0.4 is 5.32 Å². The Morgan fingerprint density at radius 1 is 1.52 bits per heavy atom. The van der Waals surface area contributed by atoms with Crippen molar-refractivity contribution in [2.45, 2.75) is 22.8 Å². The number of carbonyl (C=O) groups excluding carboxylic acids is 1. The molecule has 1 aromatic rings. The van der Waals surface area contributed by atoms with Crippen LogP contribution in [0.4, 0.5) is 0 Å². The molecule has 112 valence electrons. The molecule has 0 aromatic carbocycles. The summed E-state index contributed by atoms with van der Waals surface area (Å²) in [6.45, 7) is 1.80. The minimum Gasteiger partial charge on any atom is -0.347 e. The minimum atomic E-state index is -0.850. The van der Waals surface area contributed by atoms with Crippen LogP contribution in [0, 0.1) is 0 Å². The summed E-state index contributed by atoms with van der Waals surface area (Å²) >= 11 is 21.6. The van der Waals surface area contributed by atoms with Crippen molar-refractivity contribution in [1.29, 1.82) is 0 Å². The van der Waals surface area contributed by atoms with Gasteiger partial charge in [0.2, 0.25) is 0 Å².